The second kappa shape index (κ2) is 5.91. The summed E-state index contributed by atoms with van der Waals surface area (Å²) < 4.78 is 13.6. The Kier molecular flexibility index (Phi) is 4.25. The van der Waals surface area contributed by atoms with E-state index in [4.69, 9.17) is 0 Å². The lowest BCUT2D eigenvalue weighted by Gasteiger charge is -2.13. The lowest BCUT2D eigenvalue weighted by atomic mass is 9.94. The standard InChI is InChI=1S/C16H19FN2/c1-4-14-9-13(10-19-12(14)3)8-11(2)15-6-5-7-18-16(15)17/h5-7,9-11H,4,8H2,1-3H3. The number of nitrogens with zero attached hydrogens (tertiary/aromatic N) is 2. The zero-order valence-electron chi connectivity index (χ0n) is 11.7. The summed E-state index contributed by atoms with van der Waals surface area (Å²) in [6.07, 6.45) is 5.12. The van der Waals surface area contributed by atoms with Gasteiger partial charge in [-0.15, -0.1) is 0 Å². The fourth-order valence-electron chi connectivity index (χ4n) is 2.33. The zero-order valence-corrected chi connectivity index (χ0v) is 11.7. The summed E-state index contributed by atoms with van der Waals surface area (Å²) in [5.74, 6) is -0.270. The van der Waals surface area contributed by atoms with Crippen LogP contribution in [0.1, 0.15) is 42.1 Å². The molecule has 2 aromatic heterocycles. The Bertz CT molecular complexity index is 566. The molecule has 2 heterocycles. The average Bonchev–Trinajstić information content (AvgIpc) is 2.41. The summed E-state index contributed by atoms with van der Waals surface area (Å²) in [7, 11) is 0. The van der Waals surface area contributed by atoms with Crippen LogP contribution in [0.25, 0.3) is 0 Å². The SMILES string of the molecule is CCc1cc(CC(C)c2cccnc2F)cnc1C. The Morgan fingerprint density at radius 3 is 2.79 bits per heavy atom. The van der Waals surface area contributed by atoms with Crippen LogP contribution in [0.4, 0.5) is 4.39 Å². The third-order valence-electron chi connectivity index (χ3n) is 3.49. The Hall–Kier alpha value is -1.77. The van der Waals surface area contributed by atoms with Gasteiger partial charge in [0.1, 0.15) is 0 Å². The highest BCUT2D eigenvalue weighted by molar-refractivity contribution is 5.27. The topological polar surface area (TPSA) is 25.8 Å². The monoisotopic (exact) mass is 258 g/mol. The van der Waals surface area contributed by atoms with E-state index in [1.807, 2.05) is 20.0 Å². The van der Waals surface area contributed by atoms with E-state index in [0.717, 1.165) is 24.1 Å². The average molecular weight is 258 g/mol. The number of hydrogen-bond donors (Lipinski definition) is 0. The van der Waals surface area contributed by atoms with E-state index in [1.54, 1.807) is 12.1 Å². The maximum Gasteiger partial charge on any atom is 0.216 e. The van der Waals surface area contributed by atoms with Crippen LogP contribution < -0.4 is 0 Å². The second-order valence-corrected chi connectivity index (χ2v) is 4.93. The van der Waals surface area contributed by atoms with Gasteiger partial charge in [0.15, 0.2) is 0 Å². The largest absolute Gasteiger partial charge is 0.261 e. The molecule has 0 fully saturated rings. The van der Waals surface area contributed by atoms with Gasteiger partial charge in [0.25, 0.3) is 0 Å². The molecule has 0 N–H and O–H groups in total. The van der Waals surface area contributed by atoms with Crippen LogP contribution >= 0.6 is 0 Å². The highest BCUT2D eigenvalue weighted by Crippen LogP contribution is 2.22. The van der Waals surface area contributed by atoms with Crippen molar-refractivity contribution in [3.63, 3.8) is 0 Å². The van der Waals surface area contributed by atoms with Crippen LogP contribution in [0.5, 0.6) is 0 Å². The predicted octanol–water partition coefficient (Wildman–Crippen LogP) is 3.83. The smallest absolute Gasteiger partial charge is 0.216 e. The molecule has 0 saturated heterocycles. The highest BCUT2D eigenvalue weighted by Gasteiger charge is 2.12. The summed E-state index contributed by atoms with van der Waals surface area (Å²) in [6.45, 7) is 6.16. The Labute approximate surface area is 113 Å². The van der Waals surface area contributed by atoms with E-state index >= 15 is 0 Å². The van der Waals surface area contributed by atoms with Crippen molar-refractivity contribution in [2.45, 2.75) is 39.5 Å². The summed E-state index contributed by atoms with van der Waals surface area (Å²) in [4.78, 5) is 8.12. The molecule has 2 rings (SSSR count). The van der Waals surface area contributed by atoms with Gasteiger partial charge in [-0.1, -0.05) is 26.0 Å². The van der Waals surface area contributed by atoms with Gasteiger partial charge >= 0.3 is 0 Å². The van der Waals surface area contributed by atoms with Gasteiger partial charge in [0.05, 0.1) is 0 Å². The van der Waals surface area contributed by atoms with Crippen LogP contribution in [-0.4, -0.2) is 9.97 Å². The molecule has 0 spiro atoms. The van der Waals surface area contributed by atoms with Gasteiger partial charge < -0.3 is 0 Å². The van der Waals surface area contributed by atoms with Gasteiger partial charge in [0.2, 0.25) is 5.95 Å². The van der Waals surface area contributed by atoms with Crippen molar-refractivity contribution >= 4 is 0 Å². The molecule has 0 radical (unpaired) electrons. The molecule has 0 aliphatic carbocycles. The first-order valence-corrected chi connectivity index (χ1v) is 6.66. The molecule has 1 unspecified atom stereocenters. The zero-order chi connectivity index (χ0) is 13.8. The minimum Gasteiger partial charge on any atom is -0.261 e. The molecule has 2 nitrogen and oxygen atoms in total. The summed E-state index contributed by atoms with van der Waals surface area (Å²) in [5.41, 5.74) is 4.15. The molecule has 0 aromatic carbocycles. The number of rotatable bonds is 4. The van der Waals surface area contributed by atoms with Gasteiger partial charge in [-0.3, -0.25) is 4.98 Å². The molecule has 0 aliphatic heterocycles. The van der Waals surface area contributed by atoms with Crippen LogP contribution in [-0.2, 0) is 12.8 Å². The van der Waals surface area contributed by atoms with Crippen molar-refractivity contribution in [2.24, 2.45) is 0 Å². The van der Waals surface area contributed by atoms with Gasteiger partial charge in [0, 0.05) is 23.7 Å². The van der Waals surface area contributed by atoms with Crippen molar-refractivity contribution < 1.29 is 4.39 Å². The van der Waals surface area contributed by atoms with Crippen LogP contribution in [0.2, 0.25) is 0 Å². The molecule has 100 valence electrons. The minimum absolute atomic E-state index is 0.0999. The van der Waals surface area contributed by atoms with Crippen LogP contribution in [0.3, 0.4) is 0 Å². The fourth-order valence-corrected chi connectivity index (χ4v) is 2.33. The van der Waals surface area contributed by atoms with E-state index in [1.165, 1.54) is 11.8 Å². The maximum absolute atomic E-state index is 13.6. The number of hydrogen-bond acceptors (Lipinski definition) is 2. The third kappa shape index (κ3) is 3.16. The maximum atomic E-state index is 13.6. The lowest BCUT2D eigenvalue weighted by Crippen LogP contribution is -2.04. The van der Waals surface area contributed by atoms with Gasteiger partial charge in [-0.25, -0.2) is 4.98 Å². The molecule has 0 aliphatic rings. The van der Waals surface area contributed by atoms with E-state index in [0.29, 0.717) is 5.56 Å². The minimum atomic E-state index is -0.370. The van der Waals surface area contributed by atoms with Gasteiger partial charge in [-0.05, 0) is 42.9 Å². The molecule has 1 atom stereocenters. The number of pyridine rings is 2. The molecule has 0 amide bonds. The molecule has 0 saturated carbocycles. The summed E-state index contributed by atoms with van der Waals surface area (Å²) >= 11 is 0. The van der Waals surface area contributed by atoms with E-state index in [9.17, 15) is 4.39 Å². The van der Waals surface area contributed by atoms with Crippen molar-refractivity contribution in [2.75, 3.05) is 0 Å². The molecule has 19 heavy (non-hydrogen) atoms. The number of aromatic nitrogens is 2. The molecular formula is C16H19FN2. The summed E-state index contributed by atoms with van der Waals surface area (Å²) in [6, 6.07) is 5.75. The van der Waals surface area contributed by atoms with Crippen LogP contribution in [0, 0.1) is 12.9 Å². The van der Waals surface area contributed by atoms with Crippen molar-refractivity contribution in [1.29, 1.82) is 0 Å². The predicted molar refractivity (Wildman–Crippen MR) is 74.7 cm³/mol. The van der Waals surface area contributed by atoms with E-state index < -0.39 is 0 Å². The first-order valence-electron chi connectivity index (χ1n) is 6.66. The first kappa shape index (κ1) is 13.7. The number of halogens is 1. The lowest BCUT2D eigenvalue weighted by molar-refractivity contribution is 0.548. The second-order valence-electron chi connectivity index (χ2n) is 4.93. The van der Waals surface area contributed by atoms with E-state index in [-0.39, 0.29) is 11.9 Å². The van der Waals surface area contributed by atoms with Crippen molar-refractivity contribution in [3.8, 4) is 0 Å². The molecule has 2 aromatic rings. The van der Waals surface area contributed by atoms with E-state index in [2.05, 4.69) is 23.0 Å². The van der Waals surface area contributed by atoms with Crippen molar-refractivity contribution in [3.05, 3.63) is 58.9 Å². The highest BCUT2D eigenvalue weighted by atomic mass is 19.1. The number of aryl methyl sites for hydroxylation is 2. The quantitative estimate of drug-likeness (QED) is 0.779. The molecule has 3 heteroatoms. The Morgan fingerprint density at radius 2 is 2.11 bits per heavy atom. The third-order valence-corrected chi connectivity index (χ3v) is 3.49. The van der Waals surface area contributed by atoms with Crippen LogP contribution in [0.15, 0.2) is 30.6 Å². The Balaban J connectivity index is 2.19. The van der Waals surface area contributed by atoms with Crippen molar-refractivity contribution in [1.82, 2.24) is 9.97 Å². The summed E-state index contributed by atoms with van der Waals surface area (Å²) in [5, 5.41) is 0. The van der Waals surface area contributed by atoms with Gasteiger partial charge in [-0.2, -0.15) is 4.39 Å². The fraction of sp³-hybridized carbons (Fsp3) is 0.375. The molecule has 0 bridgehead atoms. The normalized spacial score (nSPS) is 12.4. The molecular weight excluding hydrogens is 239 g/mol. The first-order chi connectivity index (χ1) is 9.11. The Morgan fingerprint density at radius 1 is 1.32 bits per heavy atom.